The van der Waals surface area contributed by atoms with Gasteiger partial charge in [-0.3, -0.25) is 14.3 Å². The summed E-state index contributed by atoms with van der Waals surface area (Å²) in [4.78, 5) is 30.4. The second-order valence-corrected chi connectivity index (χ2v) is 11.9. The van der Waals surface area contributed by atoms with Crippen molar-refractivity contribution in [1.29, 1.82) is 0 Å². The number of nitrogens with one attached hydrogen (secondary N) is 1. The molecule has 7 rings (SSSR count). The van der Waals surface area contributed by atoms with E-state index in [0.717, 1.165) is 16.7 Å². The average Bonchev–Trinajstić information content (AvgIpc) is 3.61. The Labute approximate surface area is 276 Å². The van der Waals surface area contributed by atoms with Crippen LogP contribution in [-0.4, -0.2) is 95.7 Å². The molecule has 5 aromatic rings. The van der Waals surface area contributed by atoms with Crippen LogP contribution in [0.1, 0.15) is 16.7 Å². The van der Waals surface area contributed by atoms with E-state index in [1.165, 1.54) is 12.7 Å². The summed E-state index contributed by atoms with van der Waals surface area (Å²) in [7, 11) is 6.87. The van der Waals surface area contributed by atoms with Gasteiger partial charge in [0.05, 0.1) is 40.1 Å². The minimum atomic E-state index is -1.17. The number of benzene rings is 3. The molecule has 0 spiro atoms. The topological polar surface area (TPSA) is 146 Å². The van der Waals surface area contributed by atoms with Gasteiger partial charge in [0.2, 0.25) is 5.95 Å². The van der Waals surface area contributed by atoms with Gasteiger partial charge in [-0.05, 0) is 41.0 Å². The molecule has 2 fully saturated rings. The second-order valence-electron chi connectivity index (χ2n) is 11.9. The number of nitrogens with zero attached hydrogens (tertiary/aromatic N) is 5. The highest BCUT2D eigenvalue weighted by Crippen LogP contribution is 2.48. The summed E-state index contributed by atoms with van der Waals surface area (Å²) >= 11 is 0. The van der Waals surface area contributed by atoms with E-state index in [1.54, 1.807) is 23.7 Å². The molecule has 0 saturated carbocycles. The molecule has 4 heterocycles. The number of aliphatic imine (C=N–C) groups is 1. The van der Waals surface area contributed by atoms with E-state index in [4.69, 9.17) is 23.7 Å². The average molecular weight is 653 g/mol. The zero-order valence-corrected chi connectivity index (χ0v) is 26.9. The largest absolute Gasteiger partial charge is 0.497 e. The van der Waals surface area contributed by atoms with Crippen LogP contribution in [0, 0.1) is 0 Å². The highest BCUT2D eigenvalue weighted by molar-refractivity contribution is 5.71. The van der Waals surface area contributed by atoms with Crippen LogP contribution in [0.2, 0.25) is 0 Å². The number of hydrogen-bond acceptors (Lipinski definition) is 10. The van der Waals surface area contributed by atoms with Crippen LogP contribution in [0.25, 0.3) is 11.2 Å². The molecule has 0 radical (unpaired) electrons. The van der Waals surface area contributed by atoms with Gasteiger partial charge in [0.25, 0.3) is 5.56 Å². The molecule has 4 atom stereocenters. The van der Waals surface area contributed by atoms with Gasteiger partial charge in [0.15, 0.2) is 16.9 Å². The third-order valence-corrected chi connectivity index (χ3v) is 8.81. The molecule has 2 aromatic heterocycles. The van der Waals surface area contributed by atoms with Gasteiger partial charge in [-0.15, -0.1) is 0 Å². The van der Waals surface area contributed by atoms with Crippen LogP contribution in [0.4, 0.5) is 5.95 Å². The van der Waals surface area contributed by atoms with Crippen LogP contribution in [0.5, 0.6) is 11.5 Å². The maximum absolute atomic E-state index is 12.9. The number of fused-ring (bicyclic) bond motifs is 2. The molecule has 0 bridgehead atoms. The number of methoxy groups -OCH3 is 2. The number of rotatable bonds is 11. The Morgan fingerprint density at radius 1 is 1.02 bits per heavy atom. The summed E-state index contributed by atoms with van der Waals surface area (Å²) in [5.41, 5.74) is 0.224. The number of imidazole rings is 1. The van der Waals surface area contributed by atoms with Crippen LogP contribution in [-0.2, 0) is 25.5 Å². The van der Waals surface area contributed by atoms with Gasteiger partial charge >= 0.3 is 0 Å². The van der Waals surface area contributed by atoms with Crippen molar-refractivity contribution in [1.82, 2.24) is 24.4 Å². The van der Waals surface area contributed by atoms with Crippen molar-refractivity contribution in [3.05, 3.63) is 112 Å². The fourth-order valence-corrected chi connectivity index (χ4v) is 6.40. The lowest BCUT2D eigenvalue weighted by Gasteiger charge is -2.44. The molecule has 13 heteroatoms. The second kappa shape index (κ2) is 12.5. The lowest BCUT2D eigenvalue weighted by molar-refractivity contribution is -0.276. The predicted molar refractivity (Wildman–Crippen MR) is 177 cm³/mol. The highest BCUT2D eigenvalue weighted by Gasteiger charge is 2.64. The van der Waals surface area contributed by atoms with Crippen molar-refractivity contribution in [2.75, 3.05) is 41.5 Å². The molecule has 13 nitrogen and oxygen atoms in total. The Hall–Kier alpha value is -5.08. The third kappa shape index (κ3) is 5.21. The fraction of sp³-hybridized carbons (Fsp3) is 0.314. The van der Waals surface area contributed by atoms with Crippen LogP contribution in [0.15, 0.2) is 95.0 Å². The van der Waals surface area contributed by atoms with E-state index in [0.29, 0.717) is 11.5 Å². The zero-order chi connectivity index (χ0) is 33.5. The van der Waals surface area contributed by atoms with Gasteiger partial charge in [0.1, 0.15) is 35.4 Å². The number of aliphatic hydroxyl groups is 1. The van der Waals surface area contributed by atoms with Crippen molar-refractivity contribution in [2.24, 2.45) is 4.99 Å². The molecule has 2 N–H and O–H groups in total. The standard InChI is InChI=1S/C35H36N6O7/c1-40(2)20-37-33-38-31-28(32(43)39-33)36-21-41(31)34-19-46-30(34)29(42)27(48-34)18-47-35(22-8-6-5-7-9-22,23-10-14-25(44-3)15-11-23)24-12-16-26(45-4)17-13-24/h5-17,20-21,27,29-30,42H,18-19H2,1-4H3,(H,38,39,43)/b37-20+/t27-,29-,30-,34-/m1/s1. The number of ether oxygens (including phenoxy) is 5. The van der Waals surface area contributed by atoms with Gasteiger partial charge in [-0.1, -0.05) is 54.6 Å². The maximum atomic E-state index is 12.9. The predicted octanol–water partition coefficient (Wildman–Crippen LogP) is 3.18. The highest BCUT2D eigenvalue weighted by atomic mass is 16.7. The molecular weight excluding hydrogens is 616 g/mol. The van der Waals surface area contributed by atoms with Crippen molar-refractivity contribution in [3.8, 4) is 11.5 Å². The Morgan fingerprint density at radius 3 is 2.21 bits per heavy atom. The Kier molecular flexibility index (Phi) is 8.21. The minimum absolute atomic E-state index is 0.0191. The van der Waals surface area contributed by atoms with E-state index in [-0.39, 0.29) is 30.3 Å². The first kappa shape index (κ1) is 31.5. The van der Waals surface area contributed by atoms with Gasteiger partial charge < -0.3 is 33.7 Å². The summed E-state index contributed by atoms with van der Waals surface area (Å²) in [6.45, 7) is 0.0942. The van der Waals surface area contributed by atoms with E-state index < -0.39 is 35.2 Å². The quantitative estimate of drug-likeness (QED) is 0.124. The van der Waals surface area contributed by atoms with E-state index in [2.05, 4.69) is 19.9 Å². The molecule has 48 heavy (non-hydrogen) atoms. The smallest absolute Gasteiger partial charge is 0.280 e. The van der Waals surface area contributed by atoms with Gasteiger partial charge in [0, 0.05) is 14.1 Å². The molecule has 0 amide bonds. The summed E-state index contributed by atoms with van der Waals surface area (Å²) in [6.07, 6.45) is 0.381. The first-order valence-electron chi connectivity index (χ1n) is 15.4. The normalized spacial score (nSPS) is 22.1. The number of H-pyrrole nitrogens is 1. The molecule has 2 aliphatic rings. The number of aromatic nitrogens is 4. The van der Waals surface area contributed by atoms with E-state index >= 15 is 0 Å². The summed E-state index contributed by atoms with van der Waals surface area (Å²) in [6, 6.07) is 25.3. The maximum Gasteiger partial charge on any atom is 0.280 e. The summed E-state index contributed by atoms with van der Waals surface area (Å²) < 4.78 is 32.1. The molecule has 248 valence electrons. The van der Waals surface area contributed by atoms with Crippen molar-refractivity contribution in [2.45, 2.75) is 29.6 Å². The summed E-state index contributed by atoms with van der Waals surface area (Å²) in [5.74, 6) is 1.52. The zero-order valence-electron chi connectivity index (χ0n) is 26.9. The molecule has 0 unspecified atom stereocenters. The van der Waals surface area contributed by atoms with E-state index in [1.807, 2.05) is 93.0 Å². The number of aromatic amines is 1. The number of aliphatic hydroxyl groups excluding tert-OH is 1. The first-order chi connectivity index (χ1) is 23.3. The lowest BCUT2D eigenvalue weighted by atomic mass is 9.80. The number of hydrogen-bond donors (Lipinski definition) is 2. The minimum Gasteiger partial charge on any atom is -0.497 e. The van der Waals surface area contributed by atoms with Crippen molar-refractivity contribution >= 4 is 23.5 Å². The van der Waals surface area contributed by atoms with Crippen LogP contribution in [0.3, 0.4) is 0 Å². The SMILES string of the molecule is COc1ccc(C(OC[C@H]2O[C@]3(n4cnc5c(=O)[nH]c(/N=C/N(C)C)nc54)CO[C@@H]3[C@@H]2O)(c2ccccc2)c2ccc(OC)cc2)cc1. The fourth-order valence-electron chi connectivity index (χ4n) is 6.40. The Morgan fingerprint density at radius 2 is 1.65 bits per heavy atom. The van der Waals surface area contributed by atoms with Crippen molar-refractivity contribution in [3.63, 3.8) is 0 Å². The molecule has 3 aromatic carbocycles. The molecular formula is C35H36N6O7. The lowest BCUT2D eigenvalue weighted by Crippen LogP contribution is -2.59. The Balaban J connectivity index is 1.27. The summed E-state index contributed by atoms with van der Waals surface area (Å²) in [5, 5.41) is 11.6. The van der Waals surface area contributed by atoms with E-state index in [9.17, 15) is 9.90 Å². The van der Waals surface area contributed by atoms with Gasteiger partial charge in [-0.25, -0.2) is 9.98 Å². The van der Waals surface area contributed by atoms with Crippen LogP contribution >= 0.6 is 0 Å². The molecule has 2 saturated heterocycles. The monoisotopic (exact) mass is 652 g/mol. The third-order valence-electron chi connectivity index (χ3n) is 8.81. The molecule has 0 aliphatic carbocycles. The molecule has 2 aliphatic heterocycles. The first-order valence-corrected chi connectivity index (χ1v) is 15.4. The van der Waals surface area contributed by atoms with Crippen molar-refractivity contribution < 1.29 is 28.8 Å². The van der Waals surface area contributed by atoms with Gasteiger partial charge in [-0.2, -0.15) is 4.98 Å². The van der Waals surface area contributed by atoms with Crippen LogP contribution < -0.4 is 15.0 Å². The Bertz CT molecular complexity index is 1930.